The number of rotatable bonds is 4. The summed E-state index contributed by atoms with van der Waals surface area (Å²) < 4.78 is 5.39. The van der Waals surface area contributed by atoms with E-state index in [1.165, 1.54) is 4.90 Å². The molecular formula is C23H28N4O3. The van der Waals surface area contributed by atoms with E-state index >= 15 is 0 Å². The van der Waals surface area contributed by atoms with Gasteiger partial charge in [0.25, 0.3) is 0 Å². The van der Waals surface area contributed by atoms with Crippen LogP contribution in [0.15, 0.2) is 36.8 Å². The predicted octanol–water partition coefficient (Wildman–Crippen LogP) is 4.81. The molecular weight excluding hydrogens is 380 g/mol. The van der Waals surface area contributed by atoms with Gasteiger partial charge in [-0.3, -0.25) is 14.9 Å². The first-order chi connectivity index (χ1) is 14.1. The Morgan fingerprint density at radius 3 is 2.50 bits per heavy atom. The number of pyridine rings is 3. The van der Waals surface area contributed by atoms with E-state index in [-0.39, 0.29) is 0 Å². The van der Waals surface area contributed by atoms with Crippen LogP contribution in [0.5, 0.6) is 0 Å². The molecule has 0 saturated heterocycles. The molecule has 0 bridgehead atoms. The normalized spacial score (nSPS) is 12.6. The fourth-order valence-electron chi connectivity index (χ4n) is 3.04. The van der Waals surface area contributed by atoms with Crippen molar-refractivity contribution in [2.75, 3.05) is 11.9 Å². The second-order valence-electron chi connectivity index (χ2n) is 8.35. The molecule has 158 valence electrons. The molecule has 1 atom stereocenters. The Hall–Kier alpha value is -3.06. The molecule has 3 aromatic rings. The molecule has 0 radical (unpaired) electrons. The van der Waals surface area contributed by atoms with Gasteiger partial charge in [-0.2, -0.15) is 0 Å². The van der Waals surface area contributed by atoms with E-state index in [4.69, 9.17) is 4.74 Å². The van der Waals surface area contributed by atoms with Crippen LogP contribution in [0.25, 0.3) is 22.0 Å². The maximum absolute atomic E-state index is 12.3. The Morgan fingerprint density at radius 1 is 1.13 bits per heavy atom. The predicted molar refractivity (Wildman–Crippen MR) is 117 cm³/mol. The lowest BCUT2D eigenvalue weighted by atomic mass is 10.0. The zero-order valence-corrected chi connectivity index (χ0v) is 18.3. The second-order valence-corrected chi connectivity index (χ2v) is 8.35. The highest BCUT2D eigenvalue weighted by molar-refractivity contribution is 5.90. The van der Waals surface area contributed by atoms with E-state index in [0.717, 1.165) is 27.6 Å². The largest absolute Gasteiger partial charge is 0.443 e. The number of aliphatic hydroxyl groups is 1. The number of fused-ring (bicyclic) bond motifs is 1. The number of aliphatic hydroxyl groups excluding tert-OH is 1. The lowest BCUT2D eigenvalue weighted by molar-refractivity contribution is 0.0588. The van der Waals surface area contributed by atoms with Crippen LogP contribution in [-0.2, 0) is 4.74 Å². The number of anilines is 1. The number of aryl methyl sites for hydroxylation is 1. The van der Waals surface area contributed by atoms with E-state index in [9.17, 15) is 9.90 Å². The smallest absolute Gasteiger partial charge is 0.415 e. The van der Waals surface area contributed by atoms with Gasteiger partial charge in [-0.1, -0.05) is 6.92 Å². The van der Waals surface area contributed by atoms with Crippen LogP contribution < -0.4 is 4.90 Å². The Bertz CT molecular complexity index is 1080. The minimum absolute atomic E-state index is 0.466. The van der Waals surface area contributed by atoms with E-state index in [2.05, 4.69) is 15.0 Å². The van der Waals surface area contributed by atoms with Gasteiger partial charge in [0.15, 0.2) is 0 Å². The van der Waals surface area contributed by atoms with Crippen LogP contribution in [-0.4, -0.2) is 38.8 Å². The molecule has 1 N–H and O–H groups in total. The monoisotopic (exact) mass is 408 g/mol. The maximum atomic E-state index is 12.3. The quantitative estimate of drug-likeness (QED) is 0.666. The Labute approximate surface area is 176 Å². The highest BCUT2D eigenvalue weighted by atomic mass is 16.6. The highest BCUT2D eigenvalue weighted by Gasteiger charge is 2.21. The van der Waals surface area contributed by atoms with E-state index < -0.39 is 17.8 Å². The van der Waals surface area contributed by atoms with Crippen molar-refractivity contribution in [3.8, 4) is 11.1 Å². The number of nitrogens with zero attached hydrogens (tertiary/aromatic N) is 4. The van der Waals surface area contributed by atoms with Crippen molar-refractivity contribution in [2.45, 2.75) is 52.7 Å². The molecule has 30 heavy (non-hydrogen) atoms. The second kappa shape index (κ2) is 8.36. The van der Waals surface area contributed by atoms with Gasteiger partial charge in [-0.15, -0.1) is 0 Å². The number of ether oxygens (including phenoxy) is 1. The summed E-state index contributed by atoms with van der Waals surface area (Å²) in [6.07, 6.45) is 4.83. The van der Waals surface area contributed by atoms with Crippen LogP contribution in [0.4, 0.5) is 10.6 Å². The molecule has 3 heterocycles. The number of hydrogen-bond donors (Lipinski definition) is 1. The standard InChI is InChI=1S/C23H28N4O3/c1-7-20(28)19-8-14(2)17(13-25-19)15-9-16-12-26-21(10-18(16)24-11-15)27(6)22(29)30-23(3,4)5/h8-13,20,28H,7H2,1-6H3. The Morgan fingerprint density at radius 2 is 1.87 bits per heavy atom. The lowest BCUT2D eigenvalue weighted by Crippen LogP contribution is -2.34. The topological polar surface area (TPSA) is 88.4 Å². The zero-order valence-electron chi connectivity index (χ0n) is 18.3. The summed E-state index contributed by atoms with van der Waals surface area (Å²) >= 11 is 0. The van der Waals surface area contributed by atoms with Gasteiger partial charge in [0.05, 0.1) is 17.3 Å². The number of amides is 1. The van der Waals surface area contributed by atoms with E-state index in [1.807, 2.05) is 46.8 Å². The fraction of sp³-hybridized carbons (Fsp3) is 0.391. The minimum Gasteiger partial charge on any atom is -0.443 e. The van der Waals surface area contributed by atoms with Gasteiger partial charge in [0, 0.05) is 48.2 Å². The lowest BCUT2D eigenvalue weighted by Gasteiger charge is -2.24. The molecule has 3 rings (SSSR count). The summed E-state index contributed by atoms with van der Waals surface area (Å²) in [5, 5.41) is 10.9. The highest BCUT2D eigenvalue weighted by Crippen LogP contribution is 2.28. The third kappa shape index (κ3) is 4.74. The van der Waals surface area contributed by atoms with Gasteiger partial charge in [-0.05, 0) is 51.8 Å². The molecule has 1 unspecified atom stereocenters. The summed E-state index contributed by atoms with van der Waals surface area (Å²) in [5.74, 6) is 0.466. The molecule has 0 fully saturated rings. The molecule has 0 aromatic carbocycles. The average Bonchev–Trinajstić information content (AvgIpc) is 2.70. The maximum Gasteiger partial charge on any atom is 0.415 e. The number of hydrogen-bond acceptors (Lipinski definition) is 6. The fourth-order valence-corrected chi connectivity index (χ4v) is 3.04. The van der Waals surface area contributed by atoms with Crippen molar-refractivity contribution in [3.63, 3.8) is 0 Å². The zero-order chi connectivity index (χ0) is 22.1. The third-order valence-corrected chi connectivity index (χ3v) is 4.73. The van der Waals surface area contributed by atoms with Crippen molar-refractivity contribution in [1.82, 2.24) is 15.0 Å². The van der Waals surface area contributed by atoms with Gasteiger partial charge >= 0.3 is 6.09 Å². The summed E-state index contributed by atoms with van der Waals surface area (Å²) in [6.45, 7) is 9.38. The molecule has 7 heteroatoms. The third-order valence-electron chi connectivity index (χ3n) is 4.73. The van der Waals surface area contributed by atoms with E-state index in [0.29, 0.717) is 17.9 Å². The summed E-state index contributed by atoms with van der Waals surface area (Å²) in [6, 6.07) is 5.66. The van der Waals surface area contributed by atoms with Crippen LogP contribution >= 0.6 is 0 Å². The van der Waals surface area contributed by atoms with Gasteiger partial charge in [0.1, 0.15) is 11.4 Å². The minimum atomic E-state index is -0.579. The van der Waals surface area contributed by atoms with E-state index in [1.54, 1.807) is 31.7 Å². The molecule has 1 amide bonds. The van der Waals surface area contributed by atoms with Crippen molar-refractivity contribution in [1.29, 1.82) is 0 Å². The van der Waals surface area contributed by atoms with Crippen LogP contribution in [0.2, 0.25) is 0 Å². The van der Waals surface area contributed by atoms with Crippen molar-refractivity contribution in [3.05, 3.63) is 48.0 Å². The van der Waals surface area contributed by atoms with Crippen LogP contribution in [0.3, 0.4) is 0 Å². The summed E-state index contributed by atoms with van der Waals surface area (Å²) in [4.78, 5) is 27.0. The average molecular weight is 409 g/mol. The van der Waals surface area contributed by atoms with Crippen molar-refractivity contribution >= 4 is 22.8 Å². The van der Waals surface area contributed by atoms with Crippen molar-refractivity contribution < 1.29 is 14.6 Å². The molecule has 0 aliphatic heterocycles. The number of carbonyl (C=O) groups excluding carboxylic acids is 1. The van der Waals surface area contributed by atoms with Crippen LogP contribution in [0, 0.1) is 6.92 Å². The molecule has 7 nitrogen and oxygen atoms in total. The first-order valence-electron chi connectivity index (χ1n) is 9.96. The molecule has 0 spiro atoms. The number of aromatic nitrogens is 3. The SMILES string of the molecule is CCC(O)c1cc(C)c(-c2cnc3cc(N(C)C(=O)OC(C)(C)C)ncc3c2)cn1. The van der Waals surface area contributed by atoms with Crippen molar-refractivity contribution in [2.24, 2.45) is 0 Å². The Balaban J connectivity index is 1.90. The van der Waals surface area contributed by atoms with Crippen LogP contribution in [0.1, 0.15) is 51.5 Å². The summed E-state index contributed by atoms with van der Waals surface area (Å²) in [5.41, 5.74) is 3.70. The van der Waals surface area contributed by atoms with Gasteiger partial charge in [0.2, 0.25) is 0 Å². The summed E-state index contributed by atoms with van der Waals surface area (Å²) in [7, 11) is 1.62. The van der Waals surface area contributed by atoms with Gasteiger partial charge < -0.3 is 9.84 Å². The number of carbonyl (C=O) groups is 1. The first kappa shape index (κ1) is 21.6. The molecule has 3 aromatic heterocycles. The molecule has 0 aliphatic rings. The first-order valence-corrected chi connectivity index (χ1v) is 9.96. The van der Waals surface area contributed by atoms with Gasteiger partial charge in [-0.25, -0.2) is 9.78 Å². The molecule has 0 aliphatic carbocycles. The Kier molecular flexibility index (Phi) is 6.03. The molecule has 0 saturated carbocycles.